The Hall–Kier alpha value is -1.02. The molecule has 0 aliphatic carbocycles. The van der Waals surface area contributed by atoms with Gasteiger partial charge in [0.1, 0.15) is 5.75 Å². The fraction of sp³-hybridized carbons (Fsp3) is 0.538. The van der Waals surface area contributed by atoms with Crippen molar-refractivity contribution in [1.29, 1.82) is 0 Å². The summed E-state index contributed by atoms with van der Waals surface area (Å²) in [6.45, 7) is 7.29. The fourth-order valence-electron chi connectivity index (χ4n) is 1.93. The number of ether oxygens (including phenoxy) is 1. The van der Waals surface area contributed by atoms with Crippen molar-refractivity contribution < 1.29 is 4.74 Å². The maximum Gasteiger partial charge on any atom is 0.122 e. The molecule has 82 valence electrons. The smallest absolute Gasteiger partial charge is 0.122 e. The van der Waals surface area contributed by atoms with E-state index < -0.39 is 0 Å². The Morgan fingerprint density at radius 1 is 1.40 bits per heavy atom. The van der Waals surface area contributed by atoms with Gasteiger partial charge in [-0.1, -0.05) is 12.1 Å². The molecule has 1 aromatic carbocycles. The second kappa shape index (κ2) is 4.67. The highest BCUT2D eigenvalue weighted by atomic mass is 16.5. The lowest BCUT2D eigenvalue weighted by Crippen LogP contribution is -2.15. The van der Waals surface area contributed by atoms with Gasteiger partial charge in [-0.3, -0.25) is 0 Å². The van der Waals surface area contributed by atoms with Gasteiger partial charge in [-0.05, 0) is 44.0 Å². The summed E-state index contributed by atoms with van der Waals surface area (Å²) in [7, 11) is 0. The molecule has 15 heavy (non-hydrogen) atoms. The van der Waals surface area contributed by atoms with E-state index >= 15 is 0 Å². The minimum atomic E-state index is 0.685. The third kappa shape index (κ3) is 2.72. The molecule has 2 rings (SSSR count). The van der Waals surface area contributed by atoms with E-state index in [4.69, 9.17) is 4.74 Å². The number of nitrogens with one attached hydrogen (secondary N) is 1. The average molecular weight is 205 g/mol. The maximum absolute atomic E-state index is 5.86. The highest BCUT2D eigenvalue weighted by molar-refractivity contribution is 5.35. The van der Waals surface area contributed by atoms with Gasteiger partial charge in [0, 0.05) is 12.5 Å². The van der Waals surface area contributed by atoms with E-state index in [1.807, 2.05) is 0 Å². The zero-order valence-electron chi connectivity index (χ0n) is 9.55. The van der Waals surface area contributed by atoms with Crippen LogP contribution in [0.25, 0.3) is 0 Å². The quantitative estimate of drug-likeness (QED) is 0.817. The highest BCUT2D eigenvalue weighted by Crippen LogP contribution is 2.20. The van der Waals surface area contributed by atoms with Crippen LogP contribution in [0, 0.1) is 19.8 Å². The number of benzene rings is 1. The van der Waals surface area contributed by atoms with E-state index in [1.165, 1.54) is 17.5 Å². The van der Waals surface area contributed by atoms with Crippen molar-refractivity contribution in [2.75, 3.05) is 19.7 Å². The second-order valence-electron chi connectivity index (χ2n) is 4.44. The number of rotatable bonds is 3. The van der Waals surface area contributed by atoms with Gasteiger partial charge in [0.05, 0.1) is 6.61 Å². The Kier molecular flexibility index (Phi) is 3.27. The minimum absolute atomic E-state index is 0.685. The van der Waals surface area contributed by atoms with Crippen molar-refractivity contribution in [2.24, 2.45) is 5.92 Å². The first-order chi connectivity index (χ1) is 7.25. The van der Waals surface area contributed by atoms with Gasteiger partial charge in [0.25, 0.3) is 0 Å². The maximum atomic E-state index is 5.86. The second-order valence-corrected chi connectivity index (χ2v) is 4.44. The predicted molar refractivity (Wildman–Crippen MR) is 62.4 cm³/mol. The van der Waals surface area contributed by atoms with Crippen LogP contribution in [-0.2, 0) is 0 Å². The zero-order valence-corrected chi connectivity index (χ0v) is 9.55. The molecule has 0 bridgehead atoms. The summed E-state index contributed by atoms with van der Waals surface area (Å²) in [5, 5.41) is 3.35. The standard InChI is InChI=1S/C13H19NO/c1-10-3-4-11(2)13(7-10)15-9-12-5-6-14-8-12/h3-4,7,12,14H,5-6,8-9H2,1-2H3/t12-/m1/s1. The first-order valence-electron chi connectivity index (χ1n) is 5.66. The molecule has 0 unspecified atom stereocenters. The van der Waals surface area contributed by atoms with Crippen molar-refractivity contribution >= 4 is 0 Å². The molecule has 1 aliphatic rings. The molecule has 2 heteroatoms. The van der Waals surface area contributed by atoms with Gasteiger partial charge in [0.15, 0.2) is 0 Å². The summed E-state index contributed by atoms with van der Waals surface area (Å²) in [6.07, 6.45) is 1.24. The van der Waals surface area contributed by atoms with Crippen LogP contribution in [0.3, 0.4) is 0 Å². The average Bonchev–Trinajstić information content (AvgIpc) is 2.72. The molecule has 0 saturated carbocycles. The molecule has 2 nitrogen and oxygen atoms in total. The van der Waals surface area contributed by atoms with Gasteiger partial charge in [-0.15, -0.1) is 0 Å². The van der Waals surface area contributed by atoms with Crippen LogP contribution in [0.5, 0.6) is 5.75 Å². The normalized spacial score (nSPS) is 20.5. The lowest BCUT2D eigenvalue weighted by molar-refractivity contribution is 0.258. The first-order valence-corrected chi connectivity index (χ1v) is 5.66. The van der Waals surface area contributed by atoms with E-state index in [1.54, 1.807) is 0 Å². The molecule has 1 heterocycles. The molecule has 0 spiro atoms. The zero-order chi connectivity index (χ0) is 10.7. The predicted octanol–water partition coefficient (Wildman–Crippen LogP) is 2.29. The van der Waals surface area contributed by atoms with Crippen molar-refractivity contribution in [3.63, 3.8) is 0 Å². The van der Waals surface area contributed by atoms with E-state index in [0.717, 1.165) is 25.4 Å². The van der Waals surface area contributed by atoms with Crippen LogP contribution in [0.15, 0.2) is 18.2 Å². The third-order valence-corrected chi connectivity index (χ3v) is 2.98. The van der Waals surface area contributed by atoms with Crippen LogP contribution in [0.2, 0.25) is 0 Å². The van der Waals surface area contributed by atoms with Crippen LogP contribution < -0.4 is 10.1 Å². The molecule has 1 fully saturated rings. The molecule has 1 N–H and O–H groups in total. The van der Waals surface area contributed by atoms with Gasteiger partial charge >= 0.3 is 0 Å². The largest absolute Gasteiger partial charge is 0.493 e. The molecule has 0 radical (unpaired) electrons. The number of hydrogen-bond acceptors (Lipinski definition) is 2. The lowest BCUT2D eigenvalue weighted by Gasteiger charge is -2.13. The summed E-state index contributed by atoms with van der Waals surface area (Å²) in [6, 6.07) is 6.37. The van der Waals surface area contributed by atoms with Gasteiger partial charge in [-0.2, -0.15) is 0 Å². The Bertz CT molecular complexity index is 329. The summed E-state index contributed by atoms with van der Waals surface area (Å²) < 4.78 is 5.86. The summed E-state index contributed by atoms with van der Waals surface area (Å²) in [5.74, 6) is 1.73. The Labute approximate surface area is 91.6 Å². The molecule has 1 saturated heterocycles. The van der Waals surface area contributed by atoms with Crippen molar-refractivity contribution in [3.05, 3.63) is 29.3 Å². The summed E-state index contributed by atoms with van der Waals surface area (Å²) >= 11 is 0. The molecular weight excluding hydrogens is 186 g/mol. The molecule has 1 aromatic rings. The molecule has 0 amide bonds. The topological polar surface area (TPSA) is 21.3 Å². The van der Waals surface area contributed by atoms with Gasteiger partial charge < -0.3 is 10.1 Å². The van der Waals surface area contributed by atoms with Gasteiger partial charge in [-0.25, -0.2) is 0 Å². The Morgan fingerprint density at radius 2 is 2.27 bits per heavy atom. The summed E-state index contributed by atoms with van der Waals surface area (Å²) in [4.78, 5) is 0. The first kappa shape index (κ1) is 10.5. The van der Waals surface area contributed by atoms with Crippen LogP contribution >= 0.6 is 0 Å². The van der Waals surface area contributed by atoms with Crippen molar-refractivity contribution in [1.82, 2.24) is 5.32 Å². The van der Waals surface area contributed by atoms with E-state index in [0.29, 0.717) is 5.92 Å². The SMILES string of the molecule is Cc1ccc(C)c(OC[C@@H]2CCNC2)c1. The monoisotopic (exact) mass is 205 g/mol. The number of hydrogen-bond donors (Lipinski definition) is 1. The summed E-state index contributed by atoms with van der Waals surface area (Å²) in [5.41, 5.74) is 2.49. The minimum Gasteiger partial charge on any atom is -0.493 e. The van der Waals surface area contributed by atoms with Crippen molar-refractivity contribution in [3.8, 4) is 5.75 Å². The Morgan fingerprint density at radius 3 is 3.00 bits per heavy atom. The molecule has 1 aliphatic heterocycles. The van der Waals surface area contributed by atoms with Crippen molar-refractivity contribution in [2.45, 2.75) is 20.3 Å². The van der Waals surface area contributed by atoms with E-state index in [9.17, 15) is 0 Å². The van der Waals surface area contributed by atoms with Gasteiger partial charge in [0.2, 0.25) is 0 Å². The Balaban J connectivity index is 1.94. The molecule has 1 atom stereocenters. The van der Waals surface area contributed by atoms with Crippen LogP contribution in [0.1, 0.15) is 17.5 Å². The highest BCUT2D eigenvalue weighted by Gasteiger charge is 2.15. The third-order valence-electron chi connectivity index (χ3n) is 2.98. The number of aryl methyl sites for hydroxylation is 2. The van der Waals surface area contributed by atoms with Crippen LogP contribution in [-0.4, -0.2) is 19.7 Å². The molecule has 0 aromatic heterocycles. The van der Waals surface area contributed by atoms with E-state index in [-0.39, 0.29) is 0 Å². The fourth-order valence-corrected chi connectivity index (χ4v) is 1.93. The molecular formula is C13H19NO. The van der Waals surface area contributed by atoms with Crippen LogP contribution in [0.4, 0.5) is 0 Å². The lowest BCUT2D eigenvalue weighted by atomic mass is 10.1. The van der Waals surface area contributed by atoms with E-state index in [2.05, 4.69) is 37.4 Å².